The fourth-order valence-corrected chi connectivity index (χ4v) is 2.44. The Morgan fingerprint density at radius 1 is 1.12 bits per heavy atom. The van der Waals surface area contributed by atoms with E-state index in [0.717, 1.165) is 23.5 Å². The summed E-state index contributed by atoms with van der Waals surface area (Å²) in [5, 5.41) is 3.10. The number of hydrogen-bond donors (Lipinski definition) is 2. The van der Waals surface area contributed by atoms with E-state index in [1.807, 2.05) is 38.1 Å². The zero-order chi connectivity index (χ0) is 18.2. The molecule has 0 saturated heterocycles. The molecule has 0 radical (unpaired) electrons. The molecule has 0 unspecified atom stereocenters. The molecule has 0 aliphatic heterocycles. The summed E-state index contributed by atoms with van der Waals surface area (Å²) in [5.41, 5.74) is 9.29. The fraction of sp³-hybridized carbons (Fsp3) is 0.350. The maximum Gasteiger partial charge on any atom is 0.193 e. The number of rotatable bonds is 7. The summed E-state index contributed by atoms with van der Waals surface area (Å²) in [5.74, 6) is 1.24. The molecule has 0 aliphatic rings. The third-order valence-electron chi connectivity index (χ3n) is 3.42. The molecular weight excluding hydrogens is 312 g/mol. The molecule has 0 aromatic heterocycles. The first-order valence-corrected chi connectivity index (χ1v) is 8.48. The Balaban J connectivity index is 1.93. The van der Waals surface area contributed by atoms with Gasteiger partial charge in [-0.2, -0.15) is 0 Å². The average molecular weight is 340 g/mol. The molecule has 134 valence electrons. The van der Waals surface area contributed by atoms with E-state index in [9.17, 15) is 0 Å². The van der Waals surface area contributed by atoms with Crippen LogP contribution in [0.2, 0.25) is 0 Å². The van der Waals surface area contributed by atoms with Crippen LogP contribution in [-0.2, 0) is 13.1 Å². The molecule has 5 nitrogen and oxygen atoms in total. The van der Waals surface area contributed by atoms with Gasteiger partial charge in [0, 0.05) is 12.2 Å². The summed E-state index contributed by atoms with van der Waals surface area (Å²) < 4.78 is 5.63. The molecule has 25 heavy (non-hydrogen) atoms. The van der Waals surface area contributed by atoms with E-state index in [0.29, 0.717) is 12.5 Å². The molecular formula is C20H28N4O. The zero-order valence-electron chi connectivity index (χ0n) is 15.5. The SMILES string of the molecule is CC(C)Oc1ccc(NC(N)=NCc2cccc(CN(C)C)c2)cc1. The maximum absolute atomic E-state index is 5.99. The number of guanidine groups is 1. The van der Waals surface area contributed by atoms with Gasteiger partial charge in [-0.3, -0.25) is 0 Å². The summed E-state index contributed by atoms with van der Waals surface area (Å²) in [6, 6.07) is 16.1. The average Bonchev–Trinajstić information content (AvgIpc) is 2.54. The number of anilines is 1. The zero-order valence-corrected chi connectivity index (χ0v) is 15.5. The first-order valence-electron chi connectivity index (χ1n) is 8.48. The van der Waals surface area contributed by atoms with Gasteiger partial charge in [0.25, 0.3) is 0 Å². The smallest absolute Gasteiger partial charge is 0.193 e. The highest BCUT2D eigenvalue weighted by molar-refractivity contribution is 5.92. The van der Waals surface area contributed by atoms with Crippen molar-refractivity contribution < 1.29 is 4.74 Å². The van der Waals surface area contributed by atoms with Gasteiger partial charge in [-0.15, -0.1) is 0 Å². The third-order valence-corrected chi connectivity index (χ3v) is 3.42. The van der Waals surface area contributed by atoms with Crippen molar-refractivity contribution in [2.45, 2.75) is 33.0 Å². The number of benzene rings is 2. The Hall–Kier alpha value is -2.53. The summed E-state index contributed by atoms with van der Waals surface area (Å²) in [7, 11) is 4.12. The van der Waals surface area contributed by atoms with E-state index in [-0.39, 0.29) is 6.10 Å². The van der Waals surface area contributed by atoms with E-state index in [4.69, 9.17) is 10.5 Å². The first kappa shape index (κ1) is 18.8. The molecule has 2 aromatic carbocycles. The van der Waals surface area contributed by atoms with Gasteiger partial charge in [0.1, 0.15) is 5.75 Å². The van der Waals surface area contributed by atoms with Crippen molar-refractivity contribution in [1.29, 1.82) is 0 Å². The van der Waals surface area contributed by atoms with E-state index in [1.54, 1.807) is 0 Å². The molecule has 0 amide bonds. The largest absolute Gasteiger partial charge is 0.491 e. The number of ether oxygens (including phenoxy) is 1. The summed E-state index contributed by atoms with van der Waals surface area (Å²) in [6.07, 6.45) is 0.161. The molecule has 0 fully saturated rings. The molecule has 0 spiro atoms. The third kappa shape index (κ3) is 6.85. The van der Waals surface area contributed by atoms with Crippen molar-refractivity contribution in [2.75, 3.05) is 19.4 Å². The molecule has 5 heteroatoms. The van der Waals surface area contributed by atoms with E-state index >= 15 is 0 Å². The van der Waals surface area contributed by atoms with E-state index < -0.39 is 0 Å². The first-order chi connectivity index (χ1) is 11.9. The van der Waals surface area contributed by atoms with Gasteiger partial charge in [-0.1, -0.05) is 24.3 Å². The molecule has 0 aliphatic carbocycles. The van der Waals surface area contributed by atoms with E-state index in [2.05, 4.69) is 53.6 Å². The van der Waals surface area contributed by atoms with Crippen molar-refractivity contribution in [3.63, 3.8) is 0 Å². The Labute approximate surface area is 150 Å². The molecule has 3 N–H and O–H groups in total. The molecule has 0 atom stereocenters. The predicted octanol–water partition coefficient (Wildman–Crippen LogP) is 3.46. The monoisotopic (exact) mass is 340 g/mol. The number of aliphatic imine (C=N–C) groups is 1. The van der Waals surface area contributed by atoms with Crippen molar-refractivity contribution in [2.24, 2.45) is 10.7 Å². The molecule has 0 heterocycles. The van der Waals surface area contributed by atoms with Crippen LogP contribution in [0.3, 0.4) is 0 Å². The quantitative estimate of drug-likeness (QED) is 0.598. The fourth-order valence-electron chi connectivity index (χ4n) is 2.44. The number of nitrogens with zero attached hydrogens (tertiary/aromatic N) is 2. The topological polar surface area (TPSA) is 62.9 Å². The number of nitrogens with one attached hydrogen (secondary N) is 1. The van der Waals surface area contributed by atoms with Gasteiger partial charge in [0.05, 0.1) is 12.6 Å². The van der Waals surface area contributed by atoms with Gasteiger partial charge < -0.3 is 20.7 Å². The van der Waals surface area contributed by atoms with Crippen LogP contribution in [0.5, 0.6) is 5.75 Å². The van der Waals surface area contributed by atoms with Crippen LogP contribution in [0.1, 0.15) is 25.0 Å². The maximum atomic E-state index is 5.99. The lowest BCUT2D eigenvalue weighted by atomic mass is 10.1. The predicted molar refractivity (Wildman–Crippen MR) is 105 cm³/mol. The highest BCUT2D eigenvalue weighted by atomic mass is 16.5. The summed E-state index contributed by atoms with van der Waals surface area (Å²) >= 11 is 0. The Morgan fingerprint density at radius 3 is 2.44 bits per heavy atom. The second-order valence-electron chi connectivity index (χ2n) is 6.58. The summed E-state index contributed by atoms with van der Waals surface area (Å²) in [6.45, 7) is 5.47. The minimum Gasteiger partial charge on any atom is -0.491 e. The van der Waals surface area contributed by atoms with Crippen LogP contribution in [0.4, 0.5) is 5.69 Å². The van der Waals surface area contributed by atoms with Crippen LogP contribution in [0.15, 0.2) is 53.5 Å². The van der Waals surface area contributed by atoms with Crippen molar-refractivity contribution in [1.82, 2.24) is 4.90 Å². The molecule has 0 saturated carbocycles. The highest BCUT2D eigenvalue weighted by Gasteiger charge is 2.01. The number of nitrogens with two attached hydrogens (primary N) is 1. The van der Waals surface area contributed by atoms with Gasteiger partial charge in [-0.25, -0.2) is 4.99 Å². The molecule has 2 aromatic rings. The van der Waals surface area contributed by atoms with Crippen molar-refractivity contribution in [3.05, 3.63) is 59.7 Å². The minimum atomic E-state index is 0.161. The van der Waals surface area contributed by atoms with Crippen LogP contribution in [0.25, 0.3) is 0 Å². The Bertz CT molecular complexity index is 693. The second kappa shape index (κ2) is 9.08. The normalized spacial score (nSPS) is 11.8. The van der Waals surface area contributed by atoms with Crippen LogP contribution >= 0.6 is 0 Å². The Kier molecular flexibility index (Phi) is 6.83. The lowest BCUT2D eigenvalue weighted by Gasteiger charge is -2.11. The molecule has 2 rings (SSSR count). The van der Waals surface area contributed by atoms with Gasteiger partial charge in [0.2, 0.25) is 0 Å². The van der Waals surface area contributed by atoms with E-state index in [1.165, 1.54) is 5.56 Å². The van der Waals surface area contributed by atoms with Crippen LogP contribution in [0, 0.1) is 0 Å². The molecule has 0 bridgehead atoms. The highest BCUT2D eigenvalue weighted by Crippen LogP contribution is 2.16. The lowest BCUT2D eigenvalue weighted by molar-refractivity contribution is 0.242. The second-order valence-corrected chi connectivity index (χ2v) is 6.58. The van der Waals surface area contributed by atoms with Crippen molar-refractivity contribution in [3.8, 4) is 5.75 Å². The van der Waals surface area contributed by atoms with Gasteiger partial charge in [0.15, 0.2) is 5.96 Å². The van der Waals surface area contributed by atoms with Gasteiger partial charge in [-0.05, 0) is 63.3 Å². The van der Waals surface area contributed by atoms with Crippen LogP contribution in [-0.4, -0.2) is 31.1 Å². The standard InChI is InChI=1S/C20H28N4O/c1-15(2)25-19-10-8-18(9-11-19)23-20(21)22-13-16-6-5-7-17(12-16)14-24(3)4/h5-12,15H,13-14H2,1-4H3,(H3,21,22,23). The minimum absolute atomic E-state index is 0.161. The summed E-state index contributed by atoms with van der Waals surface area (Å²) in [4.78, 5) is 6.56. The Morgan fingerprint density at radius 2 is 1.80 bits per heavy atom. The lowest BCUT2D eigenvalue weighted by Crippen LogP contribution is -2.22. The number of hydrogen-bond acceptors (Lipinski definition) is 3. The van der Waals surface area contributed by atoms with Crippen molar-refractivity contribution >= 4 is 11.6 Å². The van der Waals surface area contributed by atoms with Gasteiger partial charge >= 0.3 is 0 Å². The van der Waals surface area contributed by atoms with Crippen LogP contribution < -0.4 is 15.8 Å².